The van der Waals surface area contributed by atoms with Crippen LogP contribution in [0.5, 0.6) is 0 Å². The van der Waals surface area contributed by atoms with Crippen LogP contribution in [0, 0.1) is 0 Å². The standard InChI is InChI=1S/C18H20ClN.H3N/c19-18-5-3-4-17(13-18)12-15-6-8-16(9-7-15)14-20-10-1-2-11-20;/h3-9,13H,1-2,10-12,14H2;1H3. The van der Waals surface area contributed by atoms with E-state index in [1.54, 1.807) is 0 Å². The van der Waals surface area contributed by atoms with Crippen LogP contribution in [0.25, 0.3) is 0 Å². The fourth-order valence-electron chi connectivity index (χ4n) is 2.84. The SMILES string of the molecule is Clc1cccc(Cc2ccc(CN3CCCC3)cc2)c1.N. The molecule has 112 valence electrons. The Balaban J connectivity index is 0.00000161. The Morgan fingerprint density at radius 1 is 0.857 bits per heavy atom. The Bertz CT molecular complexity index is 560. The van der Waals surface area contributed by atoms with Crippen molar-refractivity contribution in [3.63, 3.8) is 0 Å². The lowest BCUT2D eigenvalue weighted by Crippen LogP contribution is -2.18. The molecule has 2 nitrogen and oxygen atoms in total. The summed E-state index contributed by atoms with van der Waals surface area (Å²) in [7, 11) is 0. The number of nitrogens with zero attached hydrogens (tertiary/aromatic N) is 1. The minimum atomic E-state index is 0. The van der Waals surface area contributed by atoms with Gasteiger partial charge in [0.2, 0.25) is 0 Å². The summed E-state index contributed by atoms with van der Waals surface area (Å²) in [5, 5.41) is 0.813. The number of halogens is 1. The summed E-state index contributed by atoms with van der Waals surface area (Å²) in [6, 6.07) is 17.1. The highest BCUT2D eigenvalue weighted by Crippen LogP contribution is 2.17. The lowest BCUT2D eigenvalue weighted by molar-refractivity contribution is 0.331. The normalized spacial score (nSPS) is 14.9. The molecular formula is C18H23ClN2. The number of hydrogen-bond acceptors (Lipinski definition) is 2. The van der Waals surface area contributed by atoms with Crippen molar-refractivity contribution in [2.75, 3.05) is 13.1 Å². The molecule has 1 fully saturated rings. The second-order valence-electron chi connectivity index (χ2n) is 5.61. The van der Waals surface area contributed by atoms with Gasteiger partial charge in [0, 0.05) is 11.6 Å². The summed E-state index contributed by atoms with van der Waals surface area (Å²) >= 11 is 6.03. The molecule has 0 bridgehead atoms. The highest BCUT2D eigenvalue weighted by atomic mass is 35.5. The zero-order valence-corrected chi connectivity index (χ0v) is 13.1. The number of hydrogen-bond donors (Lipinski definition) is 1. The topological polar surface area (TPSA) is 38.2 Å². The predicted molar refractivity (Wildman–Crippen MR) is 90.2 cm³/mol. The van der Waals surface area contributed by atoms with Crippen LogP contribution in [0.15, 0.2) is 48.5 Å². The molecule has 3 rings (SSSR count). The van der Waals surface area contributed by atoms with Gasteiger partial charge in [-0.2, -0.15) is 0 Å². The molecule has 0 aromatic heterocycles. The van der Waals surface area contributed by atoms with Crippen molar-refractivity contribution in [2.24, 2.45) is 0 Å². The second kappa shape index (κ2) is 7.60. The van der Waals surface area contributed by atoms with E-state index < -0.39 is 0 Å². The first-order chi connectivity index (χ1) is 9.79. The summed E-state index contributed by atoms with van der Waals surface area (Å²) in [6.07, 6.45) is 3.66. The lowest BCUT2D eigenvalue weighted by atomic mass is 10.0. The van der Waals surface area contributed by atoms with E-state index in [2.05, 4.69) is 35.2 Å². The van der Waals surface area contributed by atoms with Gasteiger partial charge in [-0.15, -0.1) is 0 Å². The van der Waals surface area contributed by atoms with Crippen molar-refractivity contribution in [2.45, 2.75) is 25.8 Å². The van der Waals surface area contributed by atoms with Crippen LogP contribution in [-0.2, 0) is 13.0 Å². The molecule has 1 heterocycles. The molecule has 0 atom stereocenters. The monoisotopic (exact) mass is 302 g/mol. The molecular weight excluding hydrogens is 280 g/mol. The Morgan fingerprint density at radius 2 is 1.52 bits per heavy atom. The van der Waals surface area contributed by atoms with Crippen molar-refractivity contribution in [3.8, 4) is 0 Å². The van der Waals surface area contributed by atoms with E-state index in [4.69, 9.17) is 11.6 Å². The average Bonchev–Trinajstić information content (AvgIpc) is 2.94. The summed E-state index contributed by atoms with van der Waals surface area (Å²) in [5.74, 6) is 0. The molecule has 1 saturated heterocycles. The third-order valence-corrected chi connectivity index (χ3v) is 4.16. The van der Waals surface area contributed by atoms with Crippen molar-refractivity contribution in [1.82, 2.24) is 11.1 Å². The van der Waals surface area contributed by atoms with Crippen LogP contribution in [0.3, 0.4) is 0 Å². The van der Waals surface area contributed by atoms with Crippen LogP contribution < -0.4 is 6.15 Å². The summed E-state index contributed by atoms with van der Waals surface area (Å²) in [5.41, 5.74) is 4.03. The zero-order chi connectivity index (χ0) is 13.8. The second-order valence-corrected chi connectivity index (χ2v) is 6.04. The van der Waals surface area contributed by atoms with Gasteiger partial charge in [0.25, 0.3) is 0 Å². The van der Waals surface area contributed by atoms with E-state index in [1.807, 2.05) is 18.2 Å². The molecule has 0 amide bonds. The van der Waals surface area contributed by atoms with E-state index in [9.17, 15) is 0 Å². The first kappa shape index (κ1) is 16.0. The summed E-state index contributed by atoms with van der Waals surface area (Å²) in [6.45, 7) is 3.60. The summed E-state index contributed by atoms with van der Waals surface area (Å²) < 4.78 is 0. The fourth-order valence-corrected chi connectivity index (χ4v) is 3.06. The van der Waals surface area contributed by atoms with Gasteiger partial charge in [-0.25, -0.2) is 0 Å². The maximum atomic E-state index is 6.03. The molecule has 1 aliphatic rings. The molecule has 1 aliphatic heterocycles. The van der Waals surface area contributed by atoms with Crippen LogP contribution in [-0.4, -0.2) is 18.0 Å². The predicted octanol–water partition coefficient (Wildman–Crippen LogP) is 4.69. The van der Waals surface area contributed by atoms with Gasteiger partial charge in [-0.3, -0.25) is 4.90 Å². The van der Waals surface area contributed by atoms with Gasteiger partial charge in [0.15, 0.2) is 0 Å². The Labute approximate surface area is 132 Å². The molecule has 3 N–H and O–H groups in total. The van der Waals surface area contributed by atoms with Crippen LogP contribution in [0.1, 0.15) is 29.5 Å². The largest absolute Gasteiger partial charge is 0.344 e. The van der Waals surface area contributed by atoms with Gasteiger partial charge < -0.3 is 6.15 Å². The molecule has 2 aromatic rings. The van der Waals surface area contributed by atoms with Crippen molar-refractivity contribution in [3.05, 3.63) is 70.2 Å². The third kappa shape index (κ3) is 4.57. The van der Waals surface area contributed by atoms with Gasteiger partial charge >= 0.3 is 0 Å². The first-order valence-electron chi connectivity index (χ1n) is 7.34. The average molecular weight is 303 g/mol. The molecule has 0 aliphatic carbocycles. The van der Waals surface area contributed by atoms with Crippen molar-refractivity contribution < 1.29 is 0 Å². The maximum Gasteiger partial charge on any atom is 0.0408 e. The number of benzene rings is 2. The summed E-state index contributed by atoms with van der Waals surface area (Å²) in [4.78, 5) is 2.53. The van der Waals surface area contributed by atoms with Gasteiger partial charge in [0.1, 0.15) is 0 Å². The molecule has 2 aromatic carbocycles. The maximum absolute atomic E-state index is 6.03. The molecule has 21 heavy (non-hydrogen) atoms. The van der Waals surface area contributed by atoms with E-state index in [-0.39, 0.29) is 6.15 Å². The van der Waals surface area contributed by atoms with Gasteiger partial charge in [-0.05, 0) is 61.2 Å². The molecule has 0 radical (unpaired) electrons. The van der Waals surface area contributed by atoms with E-state index in [0.717, 1.165) is 18.0 Å². The minimum absolute atomic E-state index is 0. The molecule has 0 saturated carbocycles. The Morgan fingerprint density at radius 3 is 2.19 bits per heavy atom. The first-order valence-corrected chi connectivity index (χ1v) is 7.72. The molecule has 0 spiro atoms. The number of likely N-dealkylation sites (tertiary alicyclic amines) is 1. The Kier molecular flexibility index (Phi) is 5.80. The van der Waals surface area contributed by atoms with E-state index in [1.165, 1.54) is 42.6 Å². The minimum Gasteiger partial charge on any atom is -0.344 e. The molecule has 0 unspecified atom stereocenters. The highest BCUT2D eigenvalue weighted by molar-refractivity contribution is 6.30. The van der Waals surface area contributed by atoms with Crippen LogP contribution >= 0.6 is 11.6 Å². The van der Waals surface area contributed by atoms with Gasteiger partial charge in [-0.1, -0.05) is 48.0 Å². The van der Waals surface area contributed by atoms with E-state index >= 15 is 0 Å². The quantitative estimate of drug-likeness (QED) is 0.890. The highest BCUT2D eigenvalue weighted by Gasteiger charge is 2.11. The Hall–Kier alpha value is -1.35. The van der Waals surface area contributed by atoms with Crippen molar-refractivity contribution >= 4 is 11.6 Å². The van der Waals surface area contributed by atoms with Crippen LogP contribution in [0.2, 0.25) is 5.02 Å². The zero-order valence-electron chi connectivity index (χ0n) is 12.4. The number of rotatable bonds is 4. The third-order valence-electron chi connectivity index (χ3n) is 3.93. The smallest absolute Gasteiger partial charge is 0.0408 e. The fraction of sp³-hybridized carbons (Fsp3) is 0.333. The molecule has 3 heteroatoms. The van der Waals surface area contributed by atoms with Crippen molar-refractivity contribution in [1.29, 1.82) is 0 Å². The van der Waals surface area contributed by atoms with Crippen LogP contribution in [0.4, 0.5) is 0 Å². The van der Waals surface area contributed by atoms with E-state index in [0.29, 0.717) is 0 Å². The van der Waals surface area contributed by atoms with Gasteiger partial charge in [0.05, 0.1) is 0 Å². The lowest BCUT2D eigenvalue weighted by Gasteiger charge is -2.14.